The molecule has 1 aromatic carbocycles. The molecular weight excluding hydrogens is 280 g/mol. The molecule has 1 saturated carbocycles. The van der Waals surface area contributed by atoms with Gasteiger partial charge in [0.25, 0.3) is 0 Å². The quantitative estimate of drug-likeness (QED) is 0.887. The summed E-state index contributed by atoms with van der Waals surface area (Å²) in [6.07, 6.45) is 2.28. The van der Waals surface area contributed by atoms with Crippen LogP contribution in [0.3, 0.4) is 0 Å². The van der Waals surface area contributed by atoms with Crippen molar-refractivity contribution in [3.63, 3.8) is 0 Å². The van der Waals surface area contributed by atoms with Gasteiger partial charge in [-0.15, -0.1) is 0 Å². The van der Waals surface area contributed by atoms with Gasteiger partial charge in [0, 0.05) is 11.6 Å². The molecule has 0 radical (unpaired) electrons. The Bertz CT molecular complexity index is 637. The number of carbonyl (C=O) groups excluding carboxylic acids is 1. The van der Waals surface area contributed by atoms with E-state index in [1.807, 2.05) is 49.2 Å². The summed E-state index contributed by atoms with van der Waals surface area (Å²) in [5.41, 5.74) is 0.794. The number of likely N-dealkylation sites (N-methyl/N-ethyl adjacent to an activating group) is 1. The van der Waals surface area contributed by atoms with Crippen LogP contribution in [-0.2, 0) is 4.79 Å². The maximum atomic E-state index is 12.1. The van der Waals surface area contributed by atoms with Crippen LogP contribution in [0.1, 0.15) is 43.4 Å². The molecule has 2 aromatic rings. The highest BCUT2D eigenvalue weighted by Crippen LogP contribution is 2.38. The van der Waals surface area contributed by atoms with Gasteiger partial charge in [-0.3, -0.25) is 9.69 Å². The van der Waals surface area contributed by atoms with Crippen molar-refractivity contribution in [1.29, 1.82) is 0 Å². The van der Waals surface area contributed by atoms with E-state index >= 15 is 0 Å². The van der Waals surface area contributed by atoms with Crippen molar-refractivity contribution >= 4 is 11.6 Å². The first-order valence-electron chi connectivity index (χ1n) is 7.52. The van der Waals surface area contributed by atoms with Gasteiger partial charge in [-0.05, 0) is 38.9 Å². The number of benzene rings is 1. The summed E-state index contributed by atoms with van der Waals surface area (Å²) in [7, 11) is 1.87. The van der Waals surface area contributed by atoms with E-state index in [1.54, 1.807) is 0 Å². The molecule has 1 fully saturated rings. The van der Waals surface area contributed by atoms with Crippen LogP contribution in [0.4, 0.5) is 5.69 Å². The smallest absolute Gasteiger partial charge is 0.243 e. The molecule has 0 aliphatic heterocycles. The molecule has 0 saturated heterocycles. The molecule has 6 heteroatoms. The third kappa shape index (κ3) is 3.51. The van der Waals surface area contributed by atoms with Gasteiger partial charge < -0.3 is 9.84 Å². The summed E-state index contributed by atoms with van der Waals surface area (Å²) >= 11 is 0. The normalized spacial score (nSPS) is 15.8. The predicted molar refractivity (Wildman–Crippen MR) is 82.4 cm³/mol. The molecule has 6 nitrogen and oxygen atoms in total. The first-order chi connectivity index (χ1) is 10.6. The number of hydrogen-bond donors (Lipinski definition) is 1. The average molecular weight is 300 g/mol. The minimum absolute atomic E-state index is 0.0671. The molecule has 1 amide bonds. The monoisotopic (exact) mass is 300 g/mol. The fourth-order valence-electron chi connectivity index (χ4n) is 2.20. The van der Waals surface area contributed by atoms with Gasteiger partial charge in [0.1, 0.15) is 0 Å². The van der Waals surface area contributed by atoms with Crippen molar-refractivity contribution < 1.29 is 9.32 Å². The first-order valence-corrected chi connectivity index (χ1v) is 7.52. The molecule has 1 N–H and O–H groups in total. The molecule has 0 bridgehead atoms. The lowest BCUT2D eigenvalue weighted by Crippen LogP contribution is -2.32. The van der Waals surface area contributed by atoms with Gasteiger partial charge in [0.2, 0.25) is 11.8 Å². The summed E-state index contributed by atoms with van der Waals surface area (Å²) in [5.74, 6) is 1.76. The number of carbonyl (C=O) groups is 1. The van der Waals surface area contributed by atoms with E-state index < -0.39 is 0 Å². The van der Waals surface area contributed by atoms with Crippen LogP contribution < -0.4 is 5.32 Å². The minimum Gasteiger partial charge on any atom is -0.338 e. The number of nitrogens with zero attached hydrogens (tertiary/aromatic N) is 3. The lowest BCUT2D eigenvalue weighted by Gasteiger charge is -2.20. The number of rotatable bonds is 6. The highest BCUT2D eigenvalue weighted by Gasteiger charge is 2.30. The third-order valence-electron chi connectivity index (χ3n) is 3.87. The van der Waals surface area contributed by atoms with Gasteiger partial charge in [-0.2, -0.15) is 4.98 Å². The largest absolute Gasteiger partial charge is 0.338 e. The minimum atomic E-state index is -0.0958. The Hall–Kier alpha value is -2.21. The second kappa shape index (κ2) is 6.27. The summed E-state index contributed by atoms with van der Waals surface area (Å²) in [4.78, 5) is 18.4. The van der Waals surface area contributed by atoms with Crippen LogP contribution in [0, 0.1) is 0 Å². The van der Waals surface area contributed by atoms with E-state index in [-0.39, 0.29) is 18.5 Å². The molecule has 116 valence electrons. The number of amides is 1. The van der Waals surface area contributed by atoms with E-state index in [1.165, 1.54) is 0 Å². The second-order valence-electron chi connectivity index (χ2n) is 5.77. The number of aromatic nitrogens is 2. The lowest BCUT2D eigenvalue weighted by atomic mass is 10.3. The van der Waals surface area contributed by atoms with Crippen LogP contribution in [-0.4, -0.2) is 34.5 Å². The molecule has 1 aromatic heterocycles. The number of anilines is 1. The molecule has 1 aliphatic rings. The van der Waals surface area contributed by atoms with Crippen molar-refractivity contribution in [1.82, 2.24) is 15.0 Å². The summed E-state index contributed by atoms with van der Waals surface area (Å²) in [5, 5.41) is 6.88. The van der Waals surface area contributed by atoms with E-state index in [0.717, 1.165) is 24.4 Å². The zero-order valence-electron chi connectivity index (χ0n) is 12.8. The average Bonchev–Trinajstić information content (AvgIpc) is 3.25. The van der Waals surface area contributed by atoms with E-state index in [0.29, 0.717) is 11.8 Å². The SMILES string of the molecule is C[C@@H](c1nc(C2CC2)no1)N(C)CC(=O)Nc1ccccc1. The van der Waals surface area contributed by atoms with Crippen LogP contribution in [0.15, 0.2) is 34.9 Å². The van der Waals surface area contributed by atoms with Crippen LogP contribution in [0.2, 0.25) is 0 Å². The third-order valence-corrected chi connectivity index (χ3v) is 3.87. The molecule has 22 heavy (non-hydrogen) atoms. The van der Waals surface area contributed by atoms with Crippen LogP contribution in [0.5, 0.6) is 0 Å². The van der Waals surface area contributed by atoms with Gasteiger partial charge in [-0.1, -0.05) is 23.4 Å². The van der Waals surface area contributed by atoms with Gasteiger partial charge >= 0.3 is 0 Å². The van der Waals surface area contributed by atoms with Gasteiger partial charge in [-0.25, -0.2) is 0 Å². The number of para-hydroxylation sites is 1. The zero-order valence-corrected chi connectivity index (χ0v) is 12.8. The zero-order chi connectivity index (χ0) is 15.5. The molecule has 1 aliphatic carbocycles. The van der Waals surface area contributed by atoms with E-state index in [2.05, 4.69) is 15.5 Å². The highest BCUT2D eigenvalue weighted by molar-refractivity contribution is 5.92. The van der Waals surface area contributed by atoms with E-state index in [4.69, 9.17) is 4.52 Å². The standard InChI is InChI=1S/C16H20N4O2/c1-11(16-18-15(19-22-16)12-8-9-12)20(2)10-14(21)17-13-6-4-3-5-7-13/h3-7,11-12H,8-10H2,1-2H3,(H,17,21)/t11-/m0/s1. The van der Waals surface area contributed by atoms with E-state index in [9.17, 15) is 4.79 Å². The number of nitrogens with one attached hydrogen (secondary N) is 1. The Morgan fingerprint density at radius 3 is 2.82 bits per heavy atom. The maximum Gasteiger partial charge on any atom is 0.243 e. The van der Waals surface area contributed by atoms with Gasteiger partial charge in [0.05, 0.1) is 12.6 Å². The molecule has 3 rings (SSSR count). The molecule has 1 atom stereocenters. The van der Waals surface area contributed by atoms with Crippen LogP contribution >= 0.6 is 0 Å². The summed E-state index contributed by atoms with van der Waals surface area (Å²) < 4.78 is 5.31. The predicted octanol–water partition coefficient (Wildman–Crippen LogP) is 2.58. The Morgan fingerprint density at radius 2 is 2.14 bits per heavy atom. The fraction of sp³-hybridized carbons (Fsp3) is 0.438. The molecular formula is C16H20N4O2. The topological polar surface area (TPSA) is 71.3 Å². The Kier molecular flexibility index (Phi) is 4.20. The molecule has 1 heterocycles. The van der Waals surface area contributed by atoms with Crippen LogP contribution in [0.25, 0.3) is 0 Å². The van der Waals surface area contributed by atoms with Crippen molar-refractivity contribution in [3.8, 4) is 0 Å². The Labute approximate surface area is 129 Å². The van der Waals surface area contributed by atoms with Crippen molar-refractivity contribution in [2.24, 2.45) is 0 Å². The maximum absolute atomic E-state index is 12.1. The Balaban J connectivity index is 1.55. The van der Waals surface area contributed by atoms with Crippen molar-refractivity contribution in [2.75, 3.05) is 18.9 Å². The summed E-state index contributed by atoms with van der Waals surface area (Å²) in [6.45, 7) is 2.22. The van der Waals surface area contributed by atoms with Gasteiger partial charge in [0.15, 0.2) is 5.82 Å². The van der Waals surface area contributed by atoms with Crippen molar-refractivity contribution in [2.45, 2.75) is 31.7 Å². The first kappa shape index (κ1) is 14.7. The summed E-state index contributed by atoms with van der Waals surface area (Å²) in [6, 6.07) is 9.32. The lowest BCUT2D eigenvalue weighted by molar-refractivity contribution is -0.117. The molecule has 0 unspecified atom stereocenters. The van der Waals surface area contributed by atoms with Crippen molar-refractivity contribution in [3.05, 3.63) is 42.0 Å². The Morgan fingerprint density at radius 1 is 1.41 bits per heavy atom. The highest BCUT2D eigenvalue weighted by atomic mass is 16.5. The fourth-order valence-corrected chi connectivity index (χ4v) is 2.20. The molecule has 0 spiro atoms. The second-order valence-corrected chi connectivity index (χ2v) is 5.77. The number of hydrogen-bond acceptors (Lipinski definition) is 5.